The van der Waals surface area contributed by atoms with Crippen molar-refractivity contribution in [2.45, 2.75) is 13.2 Å². The number of oxazole rings is 1. The van der Waals surface area contributed by atoms with Crippen LogP contribution in [-0.4, -0.2) is 34.3 Å². The van der Waals surface area contributed by atoms with E-state index in [1.54, 1.807) is 24.3 Å². The van der Waals surface area contributed by atoms with E-state index in [9.17, 15) is 14.4 Å². The minimum Gasteiger partial charge on any atom is -0.455 e. The number of hydrogen-bond donors (Lipinski definition) is 1. The summed E-state index contributed by atoms with van der Waals surface area (Å²) in [4.78, 5) is 40.9. The van der Waals surface area contributed by atoms with Crippen LogP contribution in [0.25, 0.3) is 11.5 Å². The van der Waals surface area contributed by atoms with Crippen LogP contribution in [0.2, 0.25) is 0 Å². The minimum absolute atomic E-state index is 0.0112. The molecule has 1 aliphatic heterocycles. The number of amides is 3. The van der Waals surface area contributed by atoms with E-state index in [-0.39, 0.29) is 25.6 Å². The molecule has 1 saturated heterocycles. The fourth-order valence-electron chi connectivity index (χ4n) is 2.85. The molecule has 4 rings (SSSR count). The predicted octanol–water partition coefficient (Wildman–Crippen LogP) is 2.75. The van der Waals surface area contributed by atoms with Gasteiger partial charge in [0.15, 0.2) is 0 Å². The van der Waals surface area contributed by atoms with Gasteiger partial charge in [-0.1, -0.05) is 30.3 Å². The number of imide groups is 1. The van der Waals surface area contributed by atoms with Crippen LogP contribution in [-0.2, 0) is 22.7 Å². The lowest BCUT2D eigenvalue weighted by molar-refractivity contribution is -0.125. The van der Waals surface area contributed by atoms with Gasteiger partial charge in [0.25, 0.3) is 0 Å². The van der Waals surface area contributed by atoms with Gasteiger partial charge in [-0.3, -0.25) is 9.69 Å². The van der Waals surface area contributed by atoms with Gasteiger partial charge >= 0.3 is 12.0 Å². The quantitative estimate of drug-likeness (QED) is 0.512. The summed E-state index contributed by atoms with van der Waals surface area (Å²) in [5.41, 5.74) is 2.44. The van der Waals surface area contributed by atoms with E-state index in [0.29, 0.717) is 17.1 Å². The Morgan fingerprint density at radius 1 is 1.10 bits per heavy atom. The number of rotatable bonds is 6. The van der Waals surface area contributed by atoms with E-state index >= 15 is 0 Å². The Morgan fingerprint density at radius 2 is 1.86 bits per heavy atom. The number of aromatic nitrogens is 1. The third-order valence-corrected chi connectivity index (χ3v) is 4.39. The summed E-state index contributed by atoms with van der Waals surface area (Å²) in [5.74, 6) is -0.321. The summed E-state index contributed by atoms with van der Waals surface area (Å²) in [6.07, 6.45) is 1.46. The minimum atomic E-state index is -0.504. The fraction of sp³-hybridized carbons (Fsp3) is 0.143. The maximum absolute atomic E-state index is 12.2. The lowest BCUT2D eigenvalue weighted by atomic mass is 10.1. The van der Waals surface area contributed by atoms with Gasteiger partial charge in [-0.05, 0) is 29.8 Å². The van der Waals surface area contributed by atoms with E-state index in [0.717, 1.165) is 16.0 Å². The molecular weight excluding hydrogens is 374 g/mol. The smallest absolute Gasteiger partial charge is 0.338 e. The lowest BCUT2D eigenvalue weighted by Crippen LogP contribution is -2.30. The molecule has 0 saturated carbocycles. The number of carbonyl (C=O) groups excluding carboxylic acids is 3. The zero-order valence-corrected chi connectivity index (χ0v) is 15.3. The number of nitrogens with one attached hydrogen (secondary N) is 1. The molecule has 1 fully saturated rings. The Labute approximate surface area is 166 Å². The van der Waals surface area contributed by atoms with E-state index < -0.39 is 12.0 Å². The Kier molecular flexibility index (Phi) is 5.07. The molecule has 3 aromatic rings. The maximum atomic E-state index is 12.2. The second-order valence-electron chi connectivity index (χ2n) is 6.42. The van der Waals surface area contributed by atoms with E-state index in [1.807, 2.05) is 30.3 Å². The molecular formula is C21H17N3O5. The maximum Gasteiger partial charge on any atom is 0.338 e. The van der Waals surface area contributed by atoms with Crippen molar-refractivity contribution >= 4 is 17.9 Å². The van der Waals surface area contributed by atoms with Crippen molar-refractivity contribution in [3.63, 3.8) is 0 Å². The predicted molar refractivity (Wildman–Crippen MR) is 101 cm³/mol. The van der Waals surface area contributed by atoms with Crippen molar-refractivity contribution in [1.29, 1.82) is 0 Å². The number of hydrogen-bond acceptors (Lipinski definition) is 6. The molecule has 3 amide bonds. The number of nitrogens with zero attached hydrogens (tertiary/aromatic N) is 2. The van der Waals surface area contributed by atoms with Gasteiger partial charge in [-0.15, -0.1) is 0 Å². The molecule has 146 valence electrons. The Balaban J connectivity index is 1.34. The van der Waals surface area contributed by atoms with Gasteiger partial charge in [-0.2, -0.15) is 0 Å². The molecule has 2 heterocycles. The van der Waals surface area contributed by atoms with E-state index in [1.165, 1.54) is 6.26 Å². The molecule has 0 radical (unpaired) electrons. The highest BCUT2D eigenvalue weighted by atomic mass is 16.5. The molecule has 8 heteroatoms. The summed E-state index contributed by atoms with van der Waals surface area (Å²) >= 11 is 0. The van der Waals surface area contributed by atoms with Crippen LogP contribution in [0.3, 0.4) is 0 Å². The molecule has 8 nitrogen and oxygen atoms in total. The Hall–Kier alpha value is -3.94. The average Bonchev–Trinajstić information content (AvgIpc) is 3.35. The van der Waals surface area contributed by atoms with Gasteiger partial charge < -0.3 is 14.5 Å². The van der Waals surface area contributed by atoms with Gasteiger partial charge in [0.1, 0.15) is 18.6 Å². The zero-order valence-electron chi connectivity index (χ0n) is 15.3. The molecule has 0 bridgehead atoms. The lowest BCUT2D eigenvalue weighted by Gasteiger charge is -2.12. The van der Waals surface area contributed by atoms with Gasteiger partial charge in [0, 0.05) is 5.56 Å². The normalized spacial score (nSPS) is 13.4. The topological polar surface area (TPSA) is 102 Å². The highest BCUT2D eigenvalue weighted by Crippen LogP contribution is 2.18. The number of benzene rings is 2. The van der Waals surface area contributed by atoms with Crippen LogP contribution < -0.4 is 5.32 Å². The number of urea groups is 1. The zero-order chi connectivity index (χ0) is 20.2. The molecule has 0 atom stereocenters. The highest BCUT2D eigenvalue weighted by Gasteiger charge is 2.28. The first-order chi connectivity index (χ1) is 14.1. The van der Waals surface area contributed by atoms with Crippen molar-refractivity contribution in [3.05, 3.63) is 77.7 Å². The Morgan fingerprint density at radius 3 is 2.55 bits per heavy atom. The van der Waals surface area contributed by atoms with E-state index in [4.69, 9.17) is 9.15 Å². The third kappa shape index (κ3) is 4.16. The summed E-state index contributed by atoms with van der Waals surface area (Å²) in [5, 5.41) is 2.46. The van der Waals surface area contributed by atoms with Crippen LogP contribution >= 0.6 is 0 Å². The highest BCUT2D eigenvalue weighted by molar-refractivity contribution is 6.01. The Bertz CT molecular complexity index is 1030. The second-order valence-corrected chi connectivity index (χ2v) is 6.42. The second kappa shape index (κ2) is 7.97. The first-order valence-electron chi connectivity index (χ1n) is 8.94. The molecule has 0 aliphatic carbocycles. The molecule has 1 aromatic heterocycles. The molecule has 29 heavy (non-hydrogen) atoms. The van der Waals surface area contributed by atoms with E-state index in [2.05, 4.69) is 10.3 Å². The molecule has 2 aromatic carbocycles. The molecule has 0 unspecified atom stereocenters. The first-order valence-corrected chi connectivity index (χ1v) is 8.94. The van der Waals surface area contributed by atoms with Crippen molar-refractivity contribution in [3.8, 4) is 11.5 Å². The van der Waals surface area contributed by atoms with Crippen LogP contribution in [0.15, 0.2) is 65.3 Å². The van der Waals surface area contributed by atoms with Gasteiger partial charge in [0.05, 0.1) is 18.7 Å². The van der Waals surface area contributed by atoms with Gasteiger partial charge in [0.2, 0.25) is 11.8 Å². The van der Waals surface area contributed by atoms with Crippen molar-refractivity contribution in [2.75, 3.05) is 6.54 Å². The van der Waals surface area contributed by atoms with Crippen molar-refractivity contribution in [2.24, 2.45) is 0 Å². The van der Waals surface area contributed by atoms with Crippen LogP contribution in [0.4, 0.5) is 4.79 Å². The first kappa shape index (κ1) is 18.4. The fourth-order valence-corrected chi connectivity index (χ4v) is 2.85. The van der Waals surface area contributed by atoms with Crippen molar-refractivity contribution in [1.82, 2.24) is 15.2 Å². The summed E-state index contributed by atoms with van der Waals surface area (Å²) in [6.45, 7) is 0.151. The monoisotopic (exact) mass is 391 g/mol. The summed E-state index contributed by atoms with van der Waals surface area (Å²) in [7, 11) is 0. The number of esters is 1. The van der Waals surface area contributed by atoms with Crippen molar-refractivity contribution < 1.29 is 23.5 Å². The number of ether oxygens (including phenoxy) is 1. The molecule has 1 aliphatic rings. The molecule has 1 N–H and O–H groups in total. The standard InChI is InChI=1S/C21H17N3O5/c25-18-10-22-21(27)24(18)11-14-6-8-16(9-7-14)20(26)29-13-17-12-28-19(23-17)15-4-2-1-3-5-15/h1-9,12H,10-11,13H2,(H,22,27). The summed E-state index contributed by atoms with van der Waals surface area (Å²) in [6, 6.07) is 15.6. The molecule has 0 spiro atoms. The summed E-state index contributed by atoms with van der Waals surface area (Å²) < 4.78 is 10.7. The third-order valence-electron chi connectivity index (χ3n) is 4.39. The SMILES string of the molecule is O=C(OCc1coc(-c2ccccc2)n1)c1ccc(CN2C(=O)CNC2=O)cc1. The largest absolute Gasteiger partial charge is 0.455 e. The van der Waals surface area contributed by atoms with Gasteiger partial charge in [-0.25, -0.2) is 14.6 Å². The van der Waals surface area contributed by atoms with Crippen LogP contribution in [0, 0.1) is 0 Å². The average molecular weight is 391 g/mol. The number of carbonyl (C=O) groups is 3. The van der Waals surface area contributed by atoms with Crippen LogP contribution in [0.1, 0.15) is 21.6 Å². The van der Waals surface area contributed by atoms with Crippen LogP contribution in [0.5, 0.6) is 0 Å².